The summed E-state index contributed by atoms with van der Waals surface area (Å²) >= 11 is 1.83. The van der Waals surface area contributed by atoms with E-state index < -0.39 is 22.1 Å². The zero-order valence-corrected chi connectivity index (χ0v) is 13.3. The molecule has 0 amide bonds. The highest BCUT2D eigenvalue weighted by molar-refractivity contribution is 14.1. The van der Waals surface area contributed by atoms with Crippen molar-refractivity contribution >= 4 is 38.6 Å². The van der Waals surface area contributed by atoms with Gasteiger partial charge < -0.3 is 10.2 Å². The van der Waals surface area contributed by atoms with Crippen LogP contribution in [0.25, 0.3) is 0 Å². The standard InChI is InChI=1S/C11H14INO5S/c1-7(14)6-13(2)19(17,18)8-3-4-10(12)9(5-8)11(15)16/h3-5,7,14H,6H2,1-2H3,(H,15,16). The molecule has 0 spiro atoms. The number of nitrogens with zero attached hydrogens (tertiary/aromatic N) is 1. The molecule has 1 aromatic rings. The predicted octanol–water partition coefficient (Wildman–Crippen LogP) is 0.991. The molecule has 1 atom stereocenters. The molecule has 19 heavy (non-hydrogen) atoms. The van der Waals surface area contributed by atoms with Crippen LogP contribution < -0.4 is 0 Å². The Hall–Kier alpha value is -0.710. The molecule has 0 aliphatic carbocycles. The Balaban J connectivity index is 3.22. The van der Waals surface area contributed by atoms with E-state index in [1.165, 1.54) is 26.1 Å². The Morgan fingerprint density at radius 3 is 2.53 bits per heavy atom. The van der Waals surface area contributed by atoms with Gasteiger partial charge in [-0.3, -0.25) is 0 Å². The Labute approximate surface area is 125 Å². The number of sulfonamides is 1. The minimum absolute atomic E-state index is 0.0588. The molecule has 0 aliphatic heterocycles. The molecule has 1 aromatic carbocycles. The Bertz CT molecular complexity index is 585. The lowest BCUT2D eigenvalue weighted by molar-refractivity contribution is 0.0695. The highest BCUT2D eigenvalue weighted by atomic mass is 127. The monoisotopic (exact) mass is 399 g/mol. The van der Waals surface area contributed by atoms with E-state index in [1.54, 1.807) is 0 Å². The zero-order chi connectivity index (χ0) is 14.8. The first-order valence-corrected chi connectivity index (χ1v) is 7.85. The number of aliphatic hydroxyl groups is 1. The third-order valence-corrected chi connectivity index (χ3v) is 5.16. The van der Waals surface area contributed by atoms with Gasteiger partial charge in [0.05, 0.1) is 16.6 Å². The maximum Gasteiger partial charge on any atom is 0.336 e. The van der Waals surface area contributed by atoms with Crippen molar-refractivity contribution in [3.8, 4) is 0 Å². The van der Waals surface area contributed by atoms with Gasteiger partial charge in [-0.25, -0.2) is 13.2 Å². The van der Waals surface area contributed by atoms with E-state index >= 15 is 0 Å². The molecular formula is C11H14INO5S. The molecule has 1 rings (SSSR count). The molecule has 0 heterocycles. The molecule has 106 valence electrons. The van der Waals surface area contributed by atoms with Crippen LogP contribution in [0.5, 0.6) is 0 Å². The van der Waals surface area contributed by atoms with Crippen molar-refractivity contribution in [2.45, 2.75) is 17.9 Å². The van der Waals surface area contributed by atoms with Gasteiger partial charge in [-0.05, 0) is 47.7 Å². The molecule has 0 fully saturated rings. The van der Waals surface area contributed by atoms with Crippen LogP contribution in [0.1, 0.15) is 17.3 Å². The van der Waals surface area contributed by atoms with E-state index in [0.29, 0.717) is 3.57 Å². The van der Waals surface area contributed by atoms with Crippen molar-refractivity contribution in [3.63, 3.8) is 0 Å². The number of hydrogen-bond acceptors (Lipinski definition) is 4. The van der Waals surface area contributed by atoms with Gasteiger partial charge in [-0.15, -0.1) is 0 Å². The predicted molar refractivity (Wildman–Crippen MR) is 77.6 cm³/mol. The third-order valence-electron chi connectivity index (χ3n) is 2.40. The molecule has 6 nitrogen and oxygen atoms in total. The topological polar surface area (TPSA) is 94.9 Å². The summed E-state index contributed by atoms with van der Waals surface area (Å²) < 4.78 is 25.8. The Kier molecular flexibility index (Phi) is 5.30. The fraction of sp³-hybridized carbons (Fsp3) is 0.364. The van der Waals surface area contributed by atoms with Gasteiger partial charge in [-0.1, -0.05) is 0 Å². The number of hydrogen-bond donors (Lipinski definition) is 2. The van der Waals surface area contributed by atoms with Crippen molar-refractivity contribution in [2.24, 2.45) is 0 Å². The number of carboxylic acids is 1. The maximum absolute atomic E-state index is 12.2. The van der Waals surface area contributed by atoms with Crippen LogP contribution in [0.2, 0.25) is 0 Å². The number of aromatic carboxylic acids is 1. The number of rotatable bonds is 5. The summed E-state index contributed by atoms with van der Waals surface area (Å²) in [6, 6.07) is 3.91. The lowest BCUT2D eigenvalue weighted by Gasteiger charge is -2.19. The molecule has 0 saturated heterocycles. The summed E-state index contributed by atoms with van der Waals surface area (Å²) in [5, 5.41) is 18.2. The van der Waals surface area contributed by atoms with Crippen molar-refractivity contribution < 1.29 is 23.4 Å². The number of benzene rings is 1. The van der Waals surface area contributed by atoms with Gasteiger partial charge >= 0.3 is 5.97 Å². The van der Waals surface area contributed by atoms with Crippen LogP contribution in [0.4, 0.5) is 0 Å². The molecule has 0 radical (unpaired) electrons. The second-order valence-corrected chi connectivity index (χ2v) is 7.29. The Morgan fingerprint density at radius 2 is 2.05 bits per heavy atom. The van der Waals surface area contributed by atoms with E-state index in [4.69, 9.17) is 5.11 Å². The first-order valence-electron chi connectivity index (χ1n) is 5.33. The minimum Gasteiger partial charge on any atom is -0.478 e. The smallest absolute Gasteiger partial charge is 0.336 e. The summed E-state index contributed by atoms with van der Waals surface area (Å²) in [7, 11) is -2.47. The number of carboxylic acid groups (broad SMARTS) is 1. The summed E-state index contributed by atoms with van der Waals surface area (Å²) in [6.07, 6.45) is -0.803. The largest absolute Gasteiger partial charge is 0.478 e. The third kappa shape index (κ3) is 3.88. The van der Waals surface area contributed by atoms with E-state index in [2.05, 4.69) is 0 Å². The number of halogens is 1. The van der Waals surface area contributed by atoms with Crippen LogP contribution in [0.15, 0.2) is 23.1 Å². The van der Waals surface area contributed by atoms with Crippen molar-refractivity contribution in [1.29, 1.82) is 0 Å². The quantitative estimate of drug-likeness (QED) is 0.721. The highest BCUT2D eigenvalue weighted by Crippen LogP contribution is 2.20. The molecule has 0 bridgehead atoms. The normalized spacial score (nSPS) is 13.5. The minimum atomic E-state index is -3.80. The summed E-state index contributed by atoms with van der Waals surface area (Å²) in [4.78, 5) is 10.9. The molecule has 8 heteroatoms. The van der Waals surface area contributed by atoms with E-state index in [-0.39, 0.29) is 17.0 Å². The van der Waals surface area contributed by atoms with Crippen LogP contribution in [0, 0.1) is 3.57 Å². The number of likely N-dealkylation sites (N-methyl/N-ethyl adjacent to an activating group) is 1. The molecular weight excluding hydrogens is 385 g/mol. The fourth-order valence-electron chi connectivity index (χ4n) is 1.48. The SMILES string of the molecule is CC(O)CN(C)S(=O)(=O)c1ccc(I)c(C(=O)O)c1. The highest BCUT2D eigenvalue weighted by Gasteiger charge is 2.23. The van der Waals surface area contributed by atoms with Crippen molar-refractivity contribution in [3.05, 3.63) is 27.3 Å². The van der Waals surface area contributed by atoms with Crippen LogP contribution in [-0.4, -0.2) is 48.6 Å². The van der Waals surface area contributed by atoms with Crippen molar-refractivity contribution in [1.82, 2.24) is 4.31 Å². The second-order valence-electron chi connectivity index (χ2n) is 4.08. The lowest BCUT2D eigenvalue weighted by atomic mass is 10.2. The van der Waals surface area contributed by atoms with Crippen LogP contribution >= 0.6 is 22.6 Å². The fourth-order valence-corrected chi connectivity index (χ4v) is 3.32. The van der Waals surface area contributed by atoms with E-state index in [9.17, 15) is 18.3 Å². The molecule has 2 N–H and O–H groups in total. The molecule has 0 aliphatic rings. The van der Waals surface area contributed by atoms with Gasteiger partial charge in [0.2, 0.25) is 10.0 Å². The first kappa shape index (κ1) is 16.3. The zero-order valence-electron chi connectivity index (χ0n) is 10.4. The van der Waals surface area contributed by atoms with Gasteiger partial charge in [0, 0.05) is 17.2 Å². The van der Waals surface area contributed by atoms with Gasteiger partial charge in [0.1, 0.15) is 0 Å². The van der Waals surface area contributed by atoms with Gasteiger partial charge in [0.25, 0.3) is 0 Å². The summed E-state index contributed by atoms with van der Waals surface area (Å²) in [5.74, 6) is -1.18. The second kappa shape index (κ2) is 6.16. The number of carbonyl (C=O) groups is 1. The van der Waals surface area contributed by atoms with Crippen molar-refractivity contribution in [2.75, 3.05) is 13.6 Å². The summed E-state index contributed by atoms with van der Waals surface area (Å²) in [5.41, 5.74) is -0.0629. The number of aliphatic hydroxyl groups excluding tert-OH is 1. The van der Waals surface area contributed by atoms with E-state index in [1.807, 2.05) is 22.6 Å². The van der Waals surface area contributed by atoms with Crippen LogP contribution in [-0.2, 0) is 10.0 Å². The average Bonchev–Trinajstić information content (AvgIpc) is 2.27. The lowest BCUT2D eigenvalue weighted by Crippen LogP contribution is -2.33. The Morgan fingerprint density at radius 1 is 1.47 bits per heavy atom. The van der Waals surface area contributed by atoms with Gasteiger partial charge in [-0.2, -0.15) is 4.31 Å². The first-order chi connectivity index (χ1) is 8.66. The van der Waals surface area contributed by atoms with Gasteiger partial charge in [0.15, 0.2) is 0 Å². The maximum atomic E-state index is 12.2. The molecule has 1 unspecified atom stereocenters. The summed E-state index contributed by atoms with van der Waals surface area (Å²) in [6.45, 7) is 1.42. The van der Waals surface area contributed by atoms with Crippen LogP contribution in [0.3, 0.4) is 0 Å². The molecule has 0 saturated carbocycles. The molecule has 0 aromatic heterocycles. The van der Waals surface area contributed by atoms with E-state index in [0.717, 1.165) is 10.4 Å². The average molecular weight is 399 g/mol.